The summed E-state index contributed by atoms with van der Waals surface area (Å²) in [7, 11) is 0. The molecule has 0 radical (unpaired) electrons. The zero-order chi connectivity index (χ0) is 15.2. The third-order valence-corrected chi connectivity index (χ3v) is 3.89. The lowest BCUT2D eigenvalue weighted by Gasteiger charge is -2.26. The zero-order valence-corrected chi connectivity index (χ0v) is 13.4. The summed E-state index contributed by atoms with van der Waals surface area (Å²) in [6, 6.07) is 3.01. The van der Waals surface area contributed by atoms with E-state index in [1.807, 2.05) is 43.4 Å². The Kier molecular flexibility index (Phi) is 3.53. The summed E-state index contributed by atoms with van der Waals surface area (Å²) in [5, 5.41) is 19.3. The van der Waals surface area contributed by atoms with Crippen molar-refractivity contribution in [3.8, 4) is 5.75 Å². The molecule has 0 atom stereocenters. The predicted octanol–water partition coefficient (Wildman–Crippen LogP) is 2.76. The molecule has 1 aromatic heterocycles. The molecule has 0 spiro atoms. The Morgan fingerprint density at radius 2 is 1.90 bits per heavy atom. The number of aromatic nitrogens is 1. The molecule has 0 aliphatic carbocycles. The Morgan fingerprint density at radius 3 is 2.40 bits per heavy atom. The number of rotatable bonds is 1. The van der Waals surface area contributed by atoms with Gasteiger partial charge in [0.15, 0.2) is 0 Å². The van der Waals surface area contributed by atoms with Gasteiger partial charge < -0.3 is 14.8 Å². The highest BCUT2D eigenvalue weighted by Gasteiger charge is 2.21. The first-order valence-electron chi connectivity index (χ1n) is 5.94. The van der Waals surface area contributed by atoms with Crippen molar-refractivity contribution >= 4 is 39.5 Å². The Labute approximate surface area is 129 Å². The van der Waals surface area contributed by atoms with Gasteiger partial charge in [-0.05, 0) is 49.4 Å². The van der Waals surface area contributed by atoms with Gasteiger partial charge in [-0.2, -0.15) is 0 Å². The number of carbonyl (C=O) groups is 1. The summed E-state index contributed by atoms with van der Waals surface area (Å²) in [4.78, 5) is 23.5. The maximum absolute atomic E-state index is 12.2. The molecule has 0 aliphatic rings. The number of benzene rings is 1. The summed E-state index contributed by atoms with van der Waals surface area (Å²) in [6.07, 6.45) is 1.33. The molecule has 0 bridgehead atoms. The van der Waals surface area contributed by atoms with E-state index in [9.17, 15) is 19.8 Å². The number of hydrogen-bond donors (Lipinski definition) is 2. The van der Waals surface area contributed by atoms with Crippen LogP contribution in [-0.4, -0.2) is 20.7 Å². The number of aromatic hydroxyl groups is 1. The lowest BCUT2D eigenvalue weighted by molar-refractivity contribution is 0.0694. The average Bonchev–Trinajstić information content (AvgIpc) is 2.30. The highest BCUT2D eigenvalue weighted by Crippen LogP contribution is 2.28. The SMILES string of the molecule is CC(C)(C)n1cc(C(=O)O)c(=O)c2cc(I)c(O)cc21. The van der Waals surface area contributed by atoms with E-state index < -0.39 is 16.9 Å². The van der Waals surface area contributed by atoms with Gasteiger partial charge in [0.1, 0.15) is 11.3 Å². The monoisotopic (exact) mass is 387 g/mol. The predicted molar refractivity (Wildman–Crippen MR) is 84.5 cm³/mol. The molecule has 2 N–H and O–H groups in total. The van der Waals surface area contributed by atoms with Crippen LogP contribution in [0.1, 0.15) is 31.1 Å². The van der Waals surface area contributed by atoms with Gasteiger partial charge >= 0.3 is 5.97 Å². The fourth-order valence-electron chi connectivity index (χ4n) is 2.04. The van der Waals surface area contributed by atoms with Gasteiger partial charge in [-0.3, -0.25) is 4.79 Å². The van der Waals surface area contributed by atoms with E-state index in [0.717, 1.165) is 0 Å². The molecule has 0 saturated heterocycles. The molecule has 6 heteroatoms. The van der Waals surface area contributed by atoms with Gasteiger partial charge in [-0.15, -0.1) is 0 Å². The van der Waals surface area contributed by atoms with Crippen LogP contribution in [0, 0.1) is 3.57 Å². The Hall–Kier alpha value is -1.57. The number of carboxylic acid groups (broad SMARTS) is 1. The maximum Gasteiger partial charge on any atom is 0.341 e. The first-order valence-corrected chi connectivity index (χ1v) is 7.02. The molecular formula is C14H14INO4. The number of phenolic OH excluding ortho intramolecular Hbond substituents is 1. The van der Waals surface area contributed by atoms with E-state index in [-0.39, 0.29) is 11.3 Å². The quantitative estimate of drug-likeness (QED) is 0.738. The van der Waals surface area contributed by atoms with Crippen LogP contribution in [0.2, 0.25) is 0 Å². The van der Waals surface area contributed by atoms with Crippen molar-refractivity contribution in [1.29, 1.82) is 0 Å². The van der Waals surface area contributed by atoms with Crippen LogP contribution in [0.5, 0.6) is 5.75 Å². The molecule has 20 heavy (non-hydrogen) atoms. The van der Waals surface area contributed by atoms with Gasteiger partial charge in [0, 0.05) is 23.2 Å². The van der Waals surface area contributed by atoms with Crippen molar-refractivity contribution in [1.82, 2.24) is 4.57 Å². The van der Waals surface area contributed by atoms with Crippen LogP contribution in [-0.2, 0) is 5.54 Å². The smallest absolute Gasteiger partial charge is 0.341 e. The van der Waals surface area contributed by atoms with E-state index in [2.05, 4.69) is 0 Å². The molecule has 0 saturated carbocycles. The third-order valence-electron chi connectivity index (χ3n) is 3.03. The van der Waals surface area contributed by atoms with E-state index in [4.69, 9.17) is 0 Å². The largest absolute Gasteiger partial charge is 0.507 e. The van der Waals surface area contributed by atoms with Crippen LogP contribution in [0.4, 0.5) is 0 Å². The minimum atomic E-state index is -1.25. The van der Waals surface area contributed by atoms with Crippen LogP contribution in [0.3, 0.4) is 0 Å². The zero-order valence-electron chi connectivity index (χ0n) is 11.3. The molecule has 106 valence electrons. The number of hydrogen-bond acceptors (Lipinski definition) is 3. The van der Waals surface area contributed by atoms with Crippen molar-refractivity contribution in [2.45, 2.75) is 26.3 Å². The van der Waals surface area contributed by atoms with Gasteiger partial charge in [0.25, 0.3) is 0 Å². The molecule has 1 heterocycles. The Balaban J connectivity index is 3.05. The topological polar surface area (TPSA) is 79.5 Å². The molecule has 0 fully saturated rings. The number of pyridine rings is 1. The number of fused-ring (bicyclic) bond motifs is 1. The van der Waals surface area contributed by atoms with E-state index >= 15 is 0 Å². The molecule has 5 nitrogen and oxygen atoms in total. The molecule has 0 amide bonds. The fourth-order valence-corrected chi connectivity index (χ4v) is 2.51. The normalized spacial score (nSPS) is 11.8. The molecule has 1 aromatic carbocycles. The number of halogens is 1. The number of aromatic carboxylic acids is 1. The minimum Gasteiger partial charge on any atom is -0.507 e. The fraction of sp³-hybridized carbons (Fsp3) is 0.286. The van der Waals surface area contributed by atoms with Gasteiger partial charge in [0.2, 0.25) is 5.43 Å². The van der Waals surface area contributed by atoms with E-state index in [1.54, 1.807) is 4.57 Å². The number of carboxylic acids is 1. The van der Waals surface area contributed by atoms with E-state index in [1.165, 1.54) is 18.3 Å². The molecule has 2 rings (SSSR count). The maximum atomic E-state index is 12.2. The Bertz CT molecular complexity index is 771. The average molecular weight is 387 g/mol. The lowest BCUT2D eigenvalue weighted by atomic mass is 10.0. The van der Waals surface area contributed by atoms with Crippen molar-refractivity contribution in [3.05, 3.63) is 37.7 Å². The molecule has 0 aliphatic heterocycles. The highest BCUT2D eigenvalue weighted by atomic mass is 127. The standard InChI is InChI=1S/C14H14INO4/c1-14(2,3)16-6-8(13(19)20)12(18)7-4-9(15)11(17)5-10(7)16/h4-6,17H,1-3H3,(H,19,20). The summed E-state index contributed by atoms with van der Waals surface area (Å²) < 4.78 is 2.21. The van der Waals surface area contributed by atoms with Crippen molar-refractivity contribution in [2.75, 3.05) is 0 Å². The van der Waals surface area contributed by atoms with Crippen LogP contribution in [0.15, 0.2) is 23.1 Å². The van der Waals surface area contributed by atoms with Crippen LogP contribution < -0.4 is 5.43 Å². The number of phenols is 1. The molecular weight excluding hydrogens is 373 g/mol. The van der Waals surface area contributed by atoms with Crippen molar-refractivity contribution < 1.29 is 15.0 Å². The molecule has 2 aromatic rings. The summed E-state index contributed by atoms with van der Waals surface area (Å²) >= 11 is 1.91. The van der Waals surface area contributed by atoms with Gasteiger partial charge in [0.05, 0.1) is 9.09 Å². The second kappa shape index (κ2) is 4.76. The molecule has 0 unspecified atom stereocenters. The second-order valence-corrected chi connectivity index (χ2v) is 6.70. The highest BCUT2D eigenvalue weighted by molar-refractivity contribution is 14.1. The van der Waals surface area contributed by atoms with Gasteiger partial charge in [-0.25, -0.2) is 4.79 Å². The minimum absolute atomic E-state index is 0.0681. The van der Waals surface area contributed by atoms with Crippen molar-refractivity contribution in [3.63, 3.8) is 0 Å². The summed E-state index contributed by atoms with van der Waals surface area (Å²) in [5.74, 6) is -1.18. The first-order chi connectivity index (χ1) is 9.12. The Morgan fingerprint density at radius 1 is 1.30 bits per heavy atom. The number of nitrogens with zero attached hydrogens (tertiary/aromatic N) is 1. The summed E-state index contributed by atoms with van der Waals surface area (Å²) in [5.41, 5.74) is -0.708. The first kappa shape index (κ1) is 14.8. The second-order valence-electron chi connectivity index (χ2n) is 5.54. The third kappa shape index (κ3) is 2.39. The van der Waals surface area contributed by atoms with Gasteiger partial charge in [-0.1, -0.05) is 0 Å². The van der Waals surface area contributed by atoms with E-state index in [0.29, 0.717) is 14.5 Å². The van der Waals surface area contributed by atoms with Crippen molar-refractivity contribution in [2.24, 2.45) is 0 Å². The van der Waals surface area contributed by atoms with Crippen LogP contribution >= 0.6 is 22.6 Å². The lowest BCUT2D eigenvalue weighted by Crippen LogP contribution is -2.27. The van der Waals surface area contributed by atoms with Crippen LogP contribution in [0.25, 0.3) is 10.9 Å². The summed E-state index contributed by atoms with van der Waals surface area (Å²) in [6.45, 7) is 5.70.